The van der Waals surface area contributed by atoms with Crippen LogP contribution in [0.4, 0.5) is 0 Å². The van der Waals surface area contributed by atoms with Crippen LogP contribution in [0.5, 0.6) is 11.5 Å². The Morgan fingerprint density at radius 2 is 0.750 bits per heavy atom. The van der Waals surface area contributed by atoms with Crippen LogP contribution in [-0.4, -0.2) is 23.9 Å². The van der Waals surface area contributed by atoms with E-state index in [9.17, 15) is 0 Å². The zero-order chi connectivity index (χ0) is 22.4. The summed E-state index contributed by atoms with van der Waals surface area (Å²) in [6.45, 7) is 1.42. The highest BCUT2D eigenvalue weighted by Crippen LogP contribution is 2.13. The van der Waals surface area contributed by atoms with Gasteiger partial charge in [-0.3, -0.25) is 0 Å². The molecule has 162 valence electrons. The molecule has 0 aliphatic carbocycles. The van der Waals surface area contributed by atoms with Gasteiger partial charge in [-0.1, -0.05) is 55.5 Å². The molecule has 0 N–H and O–H groups in total. The molecule has 0 saturated carbocycles. The number of benzene rings is 3. The number of hydrogen-bond acceptors (Lipinski definition) is 2. The molecule has 0 bridgehead atoms. The number of rotatable bonds is 8. The van der Waals surface area contributed by atoms with E-state index >= 15 is 0 Å². The Kier molecular flexibility index (Phi) is 10.3. The van der Waals surface area contributed by atoms with E-state index in [0.29, 0.717) is 13.2 Å². The zero-order valence-corrected chi connectivity index (χ0v) is 20.9. The summed E-state index contributed by atoms with van der Waals surface area (Å²) >= 11 is 6.80. The van der Waals surface area contributed by atoms with Gasteiger partial charge in [0.15, 0.2) is 0 Å². The first kappa shape index (κ1) is 24.0. The molecule has 0 saturated heterocycles. The van der Waals surface area contributed by atoms with Crippen molar-refractivity contribution in [3.63, 3.8) is 0 Å². The van der Waals surface area contributed by atoms with E-state index in [2.05, 4.69) is 55.5 Å². The van der Waals surface area contributed by atoms with Crippen LogP contribution in [0, 0.1) is 23.7 Å². The van der Waals surface area contributed by atoms with Crippen molar-refractivity contribution in [3.05, 3.63) is 95.1 Å². The predicted octanol–water partition coefficient (Wildman–Crippen LogP) is 6.81. The molecule has 0 aliphatic heterocycles. The number of ether oxygens (including phenoxy) is 2. The third-order valence-corrected chi connectivity index (χ3v) is 5.51. The molecule has 0 atom stereocenters. The lowest BCUT2D eigenvalue weighted by Gasteiger charge is -2.04. The minimum absolute atomic E-state index is 0.711. The van der Waals surface area contributed by atoms with Crippen LogP contribution < -0.4 is 9.47 Å². The zero-order valence-electron chi connectivity index (χ0n) is 17.7. The van der Waals surface area contributed by atoms with E-state index < -0.39 is 0 Å². The lowest BCUT2D eigenvalue weighted by molar-refractivity contribution is 0.319. The molecule has 2 nitrogen and oxygen atoms in total. The number of alkyl halides is 2. The molecule has 32 heavy (non-hydrogen) atoms. The van der Waals surface area contributed by atoms with Gasteiger partial charge in [0.05, 0.1) is 13.2 Å². The molecule has 0 heterocycles. The largest absolute Gasteiger partial charge is 0.494 e. The maximum Gasteiger partial charge on any atom is 0.119 e. The van der Waals surface area contributed by atoms with Crippen molar-refractivity contribution in [1.29, 1.82) is 0 Å². The fourth-order valence-electron chi connectivity index (χ4n) is 2.68. The van der Waals surface area contributed by atoms with Gasteiger partial charge < -0.3 is 9.47 Å². The lowest BCUT2D eigenvalue weighted by Crippen LogP contribution is -1.97. The van der Waals surface area contributed by atoms with Crippen LogP contribution in [0.3, 0.4) is 0 Å². The molecular weight excluding hydrogens is 528 g/mol. The Labute approximate surface area is 207 Å². The standard InChI is InChI=1S/C28H24Br2O2/c29-19-1-21-31-27-15-11-25(12-16-27)9-7-23-3-5-24(6-4-23)8-10-26-13-17-28(18-14-26)32-22-2-20-30/h3-6,11-18H,1-2,19-22H2. The van der Waals surface area contributed by atoms with E-state index in [4.69, 9.17) is 9.47 Å². The van der Waals surface area contributed by atoms with E-state index in [0.717, 1.165) is 57.3 Å². The van der Waals surface area contributed by atoms with Crippen LogP contribution in [0.1, 0.15) is 35.1 Å². The van der Waals surface area contributed by atoms with Crippen LogP contribution >= 0.6 is 31.9 Å². The summed E-state index contributed by atoms with van der Waals surface area (Å²) in [4.78, 5) is 0. The molecule has 0 aliphatic rings. The molecule has 3 aromatic carbocycles. The van der Waals surface area contributed by atoms with Crippen LogP contribution in [-0.2, 0) is 0 Å². The molecule has 0 unspecified atom stereocenters. The summed E-state index contributed by atoms with van der Waals surface area (Å²) in [5.74, 6) is 14.5. The first-order chi connectivity index (χ1) is 15.8. The number of hydrogen-bond donors (Lipinski definition) is 0. The van der Waals surface area contributed by atoms with Crippen molar-refractivity contribution < 1.29 is 9.47 Å². The van der Waals surface area contributed by atoms with Crippen molar-refractivity contribution in [3.8, 4) is 35.2 Å². The summed E-state index contributed by atoms with van der Waals surface area (Å²) in [7, 11) is 0. The van der Waals surface area contributed by atoms with Crippen molar-refractivity contribution >= 4 is 31.9 Å². The van der Waals surface area contributed by atoms with Gasteiger partial charge in [0.1, 0.15) is 11.5 Å². The van der Waals surface area contributed by atoms with Crippen molar-refractivity contribution in [2.24, 2.45) is 0 Å². The molecule has 0 aromatic heterocycles. The molecule has 3 aromatic rings. The minimum atomic E-state index is 0.711. The van der Waals surface area contributed by atoms with Crippen molar-refractivity contribution in [1.82, 2.24) is 0 Å². The predicted molar refractivity (Wildman–Crippen MR) is 139 cm³/mol. The second-order valence-corrected chi connectivity index (χ2v) is 8.49. The number of halogens is 2. The molecule has 0 fully saturated rings. The summed E-state index contributed by atoms with van der Waals surface area (Å²) in [6, 6.07) is 23.7. The fraction of sp³-hybridized carbons (Fsp3) is 0.214. The second-order valence-electron chi connectivity index (χ2n) is 6.91. The molecular formula is C28H24Br2O2. The summed E-state index contributed by atoms with van der Waals surface area (Å²) in [5, 5.41) is 1.89. The third kappa shape index (κ3) is 8.46. The highest BCUT2D eigenvalue weighted by Gasteiger charge is 1.95. The first-order valence-corrected chi connectivity index (χ1v) is 12.7. The average molecular weight is 552 g/mol. The van der Waals surface area contributed by atoms with Gasteiger partial charge in [-0.15, -0.1) is 0 Å². The molecule has 3 rings (SSSR count). The highest BCUT2D eigenvalue weighted by atomic mass is 79.9. The van der Waals surface area contributed by atoms with Gasteiger partial charge in [0.25, 0.3) is 0 Å². The Balaban J connectivity index is 1.55. The fourth-order valence-corrected chi connectivity index (χ4v) is 3.14. The van der Waals surface area contributed by atoms with Gasteiger partial charge in [-0.05, 0) is 85.6 Å². The normalized spacial score (nSPS) is 9.81. The van der Waals surface area contributed by atoms with E-state index in [1.165, 1.54) is 0 Å². The van der Waals surface area contributed by atoms with Crippen molar-refractivity contribution in [2.45, 2.75) is 12.8 Å². The lowest BCUT2D eigenvalue weighted by atomic mass is 10.1. The summed E-state index contributed by atoms with van der Waals surface area (Å²) < 4.78 is 11.3. The van der Waals surface area contributed by atoms with E-state index in [1.807, 2.05) is 72.8 Å². The maximum absolute atomic E-state index is 5.66. The smallest absolute Gasteiger partial charge is 0.119 e. The maximum atomic E-state index is 5.66. The quantitative estimate of drug-likeness (QED) is 0.174. The Morgan fingerprint density at radius 1 is 0.469 bits per heavy atom. The molecule has 0 spiro atoms. The first-order valence-electron chi connectivity index (χ1n) is 10.5. The van der Waals surface area contributed by atoms with Crippen LogP contribution in [0.25, 0.3) is 0 Å². The van der Waals surface area contributed by atoms with Gasteiger partial charge in [0.2, 0.25) is 0 Å². The average Bonchev–Trinajstić information content (AvgIpc) is 2.84. The Morgan fingerprint density at radius 3 is 1.03 bits per heavy atom. The monoisotopic (exact) mass is 550 g/mol. The Bertz CT molecular complexity index is 991. The Hall–Kier alpha value is -2.66. The highest BCUT2D eigenvalue weighted by molar-refractivity contribution is 9.09. The summed E-state index contributed by atoms with van der Waals surface area (Å²) in [5.41, 5.74) is 3.83. The van der Waals surface area contributed by atoms with Gasteiger partial charge in [-0.2, -0.15) is 0 Å². The minimum Gasteiger partial charge on any atom is -0.494 e. The molecule has 4 heteroatoms. The van der Waals surface area contributed by atoms with Gasteiger partial charge in [0, 0.05) is 32.9 Å². The van der Waals surface area contributed by atoms with E-state index in [1.54, 1.807) is 0 Å². The van der Waals surface area contributed by atoms with Crippen LogP contribution in [0.2, 0.25) is 0 Å². The summed E-state index contributed by atoms with van der Waals surface area (Å²) in [6.07, 6.45) is 1.97. The topological polar surface area (TPSA) is 18.5 Å². The third-order valence-electron chi connectivity index (χ3n) is 4.39. The van der Waals surface area contributed by atoms with Crippen molar-refractivity contribution in [2.75, 3.05) is 23.9 Å². The molecule has 0 amide bonds. The van der Waals surface area contributed by atoms with Crippen LogP contribution in [0.15, 0.2) is 72.8 Å². The van der Waals surface area contributed by atoms with Gasteiger partial charge >= 0.3 is 0 Å². The van der Waals surface area contributed by atoms with E-state index in [-0.39, 0.29) is 0 Å². The molecule has 0 radical (unpaired) electrons. The SMILES string of the molecule is BrCCCOc1ccc(C#Cc2ccc(C#Cc3ccc(OCCCBr)cc3)cc2)cc1. The van der Waals surface area contributed by atoms with Gasteiger partial charge in [-0.25, -0.2) is 0 Å². The second kappa shape index (κ2) is 13.7.